The van der Waals surface area contributed by atoms with Crippen LogP contribution in [0.15, 0.2) is 24.8 Å². The fourth-order valence-corrected chi connectivity index (χ4v) is 2.64. The van der Waals surface area contributed by atoms with Crippen LogP contribution in [0, 0.1) is 0 Å². The Morgan fingerprint density at radius 1 is 0.767 bits per heavy atom. The van der Waals surface area contributed by atoms with E-state index in [9.17, 15) is 27.2 Å². The minimum absolute atomic E-state index is 0.319. The van der Waals surface area contributed by atoms with Crippen LogP contribution in [0.4, 0.5) is 17.6 Å². The van der Waals surface area contributed by atoms with E-state index < -0.39 is 34.7 Å². The maximum Gasteiger partial charge on any atom is 0.395 e. The number of nitrogens with one attached hydrogen (secondary N) is 2. The van der Waals surface area contributed by atoms with Crippen LogP contribution in [0.5, 0.6) is 0 Å². The minimum Gasteiger partial charge on any atom is -0.342 e. The van der Waals surface area contributed by atoms with Crippen molar-refractivity contribution in [1.29, 1.82) is 0 Å². The Morgan fingerprint density at radius 3 is 1.30 bits per heavy atom. The van der Waals surface area contributed by atoms with E-state index in [1.807, 2.05) is 10.6 Å². The Morgan fingerprint density at radius 2 is 1.07 bits per heavy atom. The van der Waals surface area contributed by atoms with Crippen molar-refractivity contribution in [2.75, 3.05) is 0 Å². The van der Waals surface area contributed by atoms with Gasteiger partial charge in [-0.3, -0.25) is 19.0 Å². The monoisotopic (exact) mass is 432 g/mol. The quantitative estimate of drug-likeness (QED) is 0.653. The molecule has 0 fully saturated rings. The minimum atomic E-state index is -5.30. The molecule has 0 atom stereocenters. The van der Waals surface area contributed by atoms with Gasteiger partial charge < -0.3 is 10.6 Å². The van der Waals surface area contributed by atoms with E-state index in [1.54, 1.807) is 14.1 Å². The van der Waals surface area contributed by atoms with E-state index in [4.69, 9.17) is 0 Å². The molecule has 0 radical (unpaired) electrons. The summed E-state index contributed by atoms with van der Waals surface area (Å²) in [6.45, 7) is 5.40. The van der Waals surface area contributed by atoms with Gasteiger partial charge in [0, 0.05) is 37.6 Å². The lowest BCUT2D eigenvalue weighted by molar-refractivity contribution is -0.213. The number of carbonyl (C=O) groups is 2. The summed E-state index contributed by atoms with van der Waals surface area (Å²) in [5.41, 5.74) is -2.23. The molecular formula is C18H24F4N6O2. The summed E-state index contributed by atoms with van der Waals surface area (Å²) in [6, 6.07) is 0. The number of rotatable bonds is 7. The smallest absolute Gasteiger partial charge is 0.342 e. The number of hydrogen-bond donors (Lipinski definition) is 2. The Hall–Kier alpha value is -2.92. The molecule has 2 amide bonds. The summed E-state index contributed by atoms with van der Waals surface area (Å²) in [6.07, 6.45) is 5.50. The molecule has 0 saturated carbocycles. The van der Waals surface area contributed by atoms with Crippen molar-refractivity contribution in [2.45, 2.75) is 50.6 Å². The lowest BCUT2D eigenvalue weighted by Gasteiger charge is -2.32. The molecular weight excluding hydrogens is 408 g/mol. The molecule has 8 nitrogen and oxygen atoms in total. The van der Waals surface area contributed by atoms with Crippen molar-refractivity contribution in [3.05, 3.63) is 35.9 Å². The third-order valence-corrected chi connectivity index (χ3v) is 4.67. The summed E-state index contributed by atoms with van der Waals surface area (Å²) in [5.74, 6) is -15.2. The average molecular weight is 432 g/mol. The van der Waals surface area contributed by atoms with E-state index in [0.717, 1.165) is 0 Å². The molecule has 2 rings (SSSR count). The topological polar surface area (TPSA) is 93.8 Å². The van der Waals surface area contributed by atoms with Gasteiger partial charge in [0.15, 0.2) is 0 Å². The number of nitrogens with zero attached hydrogens (tertiary/aromatic N) is 4. The highest BCUT2D eigenvalue weighted by Gasteiger charge is 2.67. The standard InChI is InChI=1S/C18H24F4N6O2/c1-15(2,11-7-23-27(5)9-11)25-13(29)17(19,20)18(21,22)14(30)26-16(3,4)12-8-24-28(6)10-12/h7-10H,1-6H3,(H,25,29)(H,26,30). The lowest BCUT2D eigenvalue weighted by Crippen LogP contribution is -2.63. The molecule has 2 aromatic rings. The van der Waals surface area contributed by atoms with E-state index in [2.05, 4.69) is 10.2 Å². The van der Waals surface area contributed by atoms with Crippen molar-refractivity contribution >= 4 is 11.8 Å². The van der Waals surface area contributed by atoms with Crippen LogP contribution in [0.1, 0.15) is 38.8 Å². The first-order valence-corrected chi connectivity index (χ1v) is 8.90. The molecule has 0 aliphatic carbocycles. The van der Waals surface area contributed by atoms with Gasteiger partial charge in [0.25, 0.3) is 11.8 Å². The molecule has 2 heterocycles. The summed E-state index contributed by atoms with van der Waals surface area (Å²) < 4.78 is 60.4. The van der Waals surface area contributed by atoms with Crippen LogP contribution in [0.25, 0.3) is 0 Å². The van der Waals surface area contributed by atoms with Gasteiger partial charge in [-0.2, -0.15) is 27.8 Å². The molecule has 166 valence electrons. The molecule has 0 aliphatic rings. The molecule has 30 heavy (non-hydrogen) atoms. The van der Waals surface area contributed by atoms with Gasteiger partial charge in [0.1, 0.15) is 0 Å². The molecule has 0 aromatic carbocycles. The van der Waals surface area contributed by atoms with E-state index in [1.165, 1.54) is 61.8 Å². The van der Waals surface area contributed by atoms with Crippen molar-refractivity contribution < 1.29 is 27.2 Å². The van der Waals surface area contributed by atoms with Crippen molar-refractivity contribution in [1.82, 2.24) is 30.2 Å². The number of hydrogen-bond acceptors (Lipinski definition) is 4. The normalized spacial score (nSPS) is 13.3. The van der Waals surface area contributed by atoms with Gasteiger partial charge in [0.2, 0.25) is 0 Å². The molecule has 2 aromatic heterocycles. The number of aromatic nitrogens is 4. The SMILES string of the molecule is Cn1cc(C(C)(C)NC(=O)C(F)(F)C(F)(F)C(=O)NC(C)(C)c2cnn(C)c2)cn1. The van der Waals surface area contributed by atoms with Gasteiger partial charge in [-0.05, 0) is 27.7 Å². The van der Waals surface area contributed by atoms with Gasteiger partial charge >= 0.3 is 11.8 Å². The van der Waals surface area contributed by atoms with E-state index in [0.29, 0.717) is 11.1 Å². The highest BCUT2D eigenvalue weighted by Crippen LogP contribution is 2.37. The zero-order valence-corrected chi connectivity index (χ0v) is 17.4. The second kappa shape index (κ2) is 7.40. The van der Waals surface area contributed by atoms with E-state index >= 15 is 0 Å². The van der Waals surface area contributed by atoms with E-state index in [-0.39, 0.29) is 0 Å². The predicted octanol–water partition coefficient (Wildman–Crippen LogP) is 1.83. The Balaban J connectivity index is 2.21. The van der Waals surface area contributed by atoms with Crippen LogP contribution < -0.4 is 10.6 Å². The lowest BCUT2D eigenvalue weighted by atomic mass is 9.95. The first-order valence-electron chi connectivity index (χ1n) is 8.90. The molecule has 0 spiro atoms. The molecule has 0 aliphatic heterocycles. The Labute approximate surface area is 170 Å². The maximum absolute atomic E-state index is 14.4. The number of carbonyl (C=O) groups excluding carboxylic acids is 2. The van der Waals surface area contributed by atoms with Crippen LogP contribution in [0.2, 0.25) is 0 Å². The van der Waals surface area contributed by atoms with Crippen LogP contribution in [0.3, 0.4) is 0 Å². The van der Waals surface area contributed by atoms with Crippen molar-refractivity contribution in [2.24, 2.45) is 14.1 Å². The summed E-state index contributed by atoms with van der Waals surface area (Å²) >= 11 is 0. The summed E-state index contributed by atoms with van der Waals surface area (Å²) in [4.78, 5) is 24.2. The summed E-state index contributed by atoms with van der Waals surface area (Å²) in [5, 5.41) is 11.5. The zero-order chi connectivity index (χ0) is 23.1. The molecule has 0 unspecified atom stereocenters. The molecule has 2 N–H and O–H groups in total. The summed E-state index contributed by atoms with van der Waals surface area (Å²) in [7, 11) is 3.14. The second-order valence-corrected chi connectivity index (χ2v) is 8.11. The number of halogens is 4. The van der Waals surface area contributed by atoms with Gasteiger partial charge in [0.05, 0.1) is 23.5 Å². The Bertz CT molecular complexity index is 872. The Kier molecular flexibility index (Phi) is 5.76. The molecule has 0 bridgehead atoms. The van der Waals surface area contributed by atoms with Gasteiger partial charge in [-0.15, -0.1) is 0 Å². The number of alkyl halides is 4. The number of aryl methyl sites for hydroxylation is 2. The first-order chi connectivity index (χ1) is 13.5. The third-order valence-electron chi connectivity index (χ3n) is 4.67. The number of amides is 2. The van der Waals surface area contributed by atoms with Crippen molar-refractivity contribution in [3.8, 4) is 0 Å². The maximum atomic E-state index is 14.4. The van der Waals surface area contributed by atoms with Crippen LogP contribution in [-0.2, 0) is 34.8 Å². The fourth-order valence-electron chi connectivity index (χ4n) is 2.64. The highest BCUT2D eigenvalue weighted by atomic mass is 19.3. The van der Waals surface area contributed by atoms with Gasteiger partial charge in [-0.25, -0.2) is 0 Å². The van der Waals surface area contributed by atoms with Gasteiger partial charge in [-0.1, -0.05) is 0 Å². The largest absolute Gasteiger partial charge is 0.395 e. The third kappa shape index (κ3) is 4.31. The molecule has 0 saturated heterocycles. The average Bonchev–Trinajstić information content (AvgIpc) is 3.23. The van der Waals surface area contributed by atoms with Crippen LogP contribution >= 0.6 is 0 Å². The second-order valence-electron chi connectivity index (χ2n) is 8.11. The van der Waals surface area contributed by atoms with Crippen LogP contribution in [-0.4, -0.2) is 43.2 Å². The highest BCUT2D eigenvalue weighted by molar-refractivity contribution is 5.95. The zero-order valence-electron chi connectivity index (χ0n) is 17.4. The fraction of sp³-hybridized carbons (Fsp3) is 0.556. The predicted molar refractivity (Wildman–Crippen MR) is 98.6 cm³/mol. The van der Waals surface area contributed by atoms with Crippen molar-refractivity contribution in [3.63, 3.8) is 0 Å². The molecule has 12 heteroatoms. The first kappa shape index (κ1) is 23.4.